The van der Waals surface area contributed by atoms with Gasteiger partial charge in [0.05, 0.1) is 0 Å². The summed E-state index contributed by atoms with van der Waals surface area (Å²) in [5.41, 5.74) is 0. The SMILES string of the molecule is O=S(=O)(OCC(F)(F)F)C(F)(F)C(F)(F)C(F)(F)C(F)(F)C(F)(F)C(F)(F)F. The largest absolute Gasteiger partial charge is 0.460 e. The van der Waals surface area contributed by atoms with Gasteiger partial charge in [-0.2, -0.15) is 78.7 Å². The van der Waals surface area contributed by atoms with E-state index in [1.54, 1.807) is 0 Å². The minimum Gasteiger partial charge on any atom is -0.256 e. The Hall–Kier alpha value is -1.21. The van der Waals surface area contributed by atoms with Gasteiger partial charge in [0.1, 0.15) is 0 Å². The summed E-state index contributed by atoms with van der Waals surface area (Å²) >= 11 is 0. The van der Waals surface area contributed by atoms with Crippen LogP contribution in [-0.4, -0.2) is 56.3 Å². The van der Waals surface area contributed by atoms with Gasteiger partial charge in [0.15, 0.2) is 6.61 Å². The molecular weight excluding hydrogens is 480 g/mol. The highest BCUT2D eigenvalue weighted by molar-refractivity contribution is 7.87. The van der Waals surface area contributed by atoms with Crippen LogP contribution in [0.3, 0.4) is 0 Å². The van der Waals surface area contributed by atoms with Crippen LogP contribution in [0.2, 0.25) is 0 Å². The minimum atomic E-state index is -8.48. The Bertz CT molecular complexity index is 671. The molecule has 0 saturated heterocycles. The molecule has 0 rings (SSSR count). The number of halogens is 16. The molecular formula is C8H2F16O3S. The Morgan fingerprint density at radius 1 is 0.536 bits per heavy atom. The summed E-state index contributed by atoms with van der Waals surface area (Å²) in [5, 5.41) is -7.82. The van der Waals surface area contributed by atoms with E-state index in [2.05, 4.69) is 4.18 Å². The molecule has 20 heteroatoms. The standard InChI is InChI=1S/C8H2F16O3S/c9-2(10,11)1-27-28(25,26)8(23,24)6(18,19)4(14,15)3(12,13)5(16,17)7(20,21)22/h1H2. The fourth-order valence-corrected chi connectivity index (χ4v) is 2.01. The van der Waals surface area contributed by atoms with Crippen molar-refractivity contribution in [3.05, 3.63) is 0 Å². The van der Waals surface area contributed by atoms with Crippen molar-refractivity contribution in [2.24, 2.45) is 0 Å². The highest BCUT2D eigenvalue weighted by Crippen LogP contribution is 2.61. The summed E-state index contributed by atoms with van der Waals surface area (Å²) in [7, 11) is -7.92. The van der Waals surface area contributed by atoms with Gasteiger partial charge in [0.25, 0.3) is 0 Å². The summed E-state index contributed by atoms with van der Waals surface area (Å²) < 4.78 is 223. The van der Waals surface area contributed by atoms with E-state index in [1.807, 2.05) is 0 Å². The third-order valence-corrected chi connectivity index (χ3v) is 3.91. The maximum absolute atomic E-state index is 13.1. The lowest BCUT2D eigenvalue weighted by Gasteiger charge is -2.39. The topological polar surface area (TPSA) is 43.4 Å². The fraction of sp³-hybridized carbons (Fsp3) is 1.00. The molecule has 0 amide bonds. The molecule has 3 nitrogen and oxygen atoms in total. The van der Waals surface area contributed by atoms with Gasteiger partial charge in [-0.05, 0) is 0 Å². The lowest BCUT2D eigenvalue weighted by atomic mass is 9.98. The Labute approximate surface area is 142 Å². The third-order valence-electron chi connectivity index (χ3n) is 2.60. The molecule has 0 aromatic carbocycles. The number of hydrogen-bond donors (Lipinski definition) is 0. The van der Waals surface area contributed by atoms with E-state index in [0.29, 0.717) is 0 Å². The molecule has 0 atom stereocenters. The quantitative estimate of drug-likeness (QED) is 0.394. The van der Waals surface area contributed by atoms with E-state index in [4.69, 9.17) is 0 Å². The van der Waals surface area contributed by atoms with Crippen LogP contribution in [0.4, 0.5) is 70.2 Å². The molecule has 0 fully saturated rings. The highest BCUT2D eigenvalue weighted by Gasteiger charge is 2.92. The van der Waals surface area contributed by atoms with Crippen molar-refractivity contribution in [1.29, 1.82) is 0 Å². The smallest absolute Gasteiger partial charge is 0.256 e. The maximum atomic E-state index is 13.1. The van der Waals surface area contributed by atoms with Crippen molar-refractivity contribution in [3.8, 4) is 0 Å². The van der Waals surface area contributed by atoms with Gasteiger partial charge in [-0.3, -0.25) is 4.18 Å². The predicted octanol–water partition coefficient (Wildman–Crippen LogP) is 4.59. The van der Waals surface area contributed by atoms with Gasteiger partial charge in [-0.1, -0.05) is 0 Å². The normalized spacial score (nSPS) is 16.4. The van der Waals surface area contributed by atoms with Crippen molar-refractivity contribution < 1.29 is 82.8 Å². The Balaban J connectivity index is 6.40. The highest BCUT2D eigenvalue weighted by atomic mass is 32.2. The second kappa shape index (κ2) is 6.66. The maximum Gasteiger partial charge on any atom is 0.460 e. The summed E-state index contributed by atoms with van der Waals surface area (Å²) in [5.74, 6) is -33.3. The van der Waals surface area contributed by atoms with E-state index in [1.165, 1.54) is 0 Å². The second-order valence-electron chi connectivity index (χ2n) is 4.64. The molecule has 0 aliphatic carbocycles. The molecule has 0 aromatic rings. The Morgan fingerprint density at radius 3 is 1.14 bits per heavy atom. The zero-order valence-electron chi connectivity index (χ0n) is 11.9. The van der Waals surface area contributed by atoms with Crippen LogP contribution in [-0.2, 0) is 14.3 Å². The van der Waals surface area contributed by atoms with E-state index < -0.39 is 58.0 Å². The van der Waals surface area contributed by atoms with E-state index in [9.17, 15) is 78.7 Å². The van der Waals surface area contributed by atoms with E-state index in [0.717, 1.165) is 0 Å². The first-order chi connectivity index (χ1) is 11.7. The summed E-state index contributed by atoms with van der Waals surface area (Å²) in [6.45, 7) is -3.39. The third kappa shape index (κ3) is 3.92. The fourth-order valence-electron chi connectivity index (χ4n) is 1.13. The molecule has 0 radical (unpaired) electrons. The van der Waals surface area contributed by atoms with Crippen LogP contribution >= 0.6 is 0 Å². The molecule has 0 spiro atoms. The lowest BCUT2D eigenvalue weighted by molar-refractivity contribution is -0.433. The van der Waals surface area contributed by atoms with Crippen molar-refractivity contribution in [2.45, 2.75) is 41.3 Å². The molecule has 0 saturated carbocycles. The monoisotopic (exact) mass is 482 g/mol. The molecule has 28 heavy (non-hydrogen) atoms. The molecule has 0 unspecified atom stereocenters. The molecule has 170 valence electrons. The second-order valence-corrected chi connectivity index (χ2v) is 6.30. The van der Waals surface area contributed by atoms with Crippen LogP contribution in [0.25, 0.3) is 0 Å². The molecule has 0 bridgehead atoms. The Morgan fingerprint density at radius 2 is 0.857 bits per heavy atom. The minimum absolute atomic E-state index is 2.24. The first-order valence-electron chi connectivity index (χ1n) is 5.62. The van der Waals surface area contributed by atoms with Crippen molar-refractivity contribution in [1.82, 2.24) is 0 Å². The average molecular weight is 482 g/mol. The Kier molecular flexibility index (Phi) is 6.37. The zero-order valence-corrected chi connectivity index (χ0v) is 12.7. The summed E-state index contributed by atoms with van der Waals surface area (Å²) in [6.07, 6.45) is -13.6. The van der Waals surface area contributed by atoms with E-state index in [-0.39, 0.29) is 0 Å². The van der Waals surface area contributed by atoms with Crippen molar-refractivity contribution in [3.63, 3.8) is 0 Å². The van der Waals surface area contributed by atoms with Crippen LogP contribution in [0.1, 0.15) is 0 Å². The van der Waals surface area contributed by atoms with Crippen LogP contribution in [0, 0.1) is 0 Å². The number of alkyl halides is 16. The first kappa shape index (κ1) is 26.8. The van der Waals surface area contributed by atoms with Crippen LogP contribution in [0.15, 0.2) is 0 Å². The average Bonchev–Trinajstić information content (AvgIpc) is 2.42. The number of rotatable bonds is 7. The van der Waals surface area contributed by atoms with Gasteiger partial charge in [-0.25, -0.2) is 0 Å². The first-order valence-corrected chi connectivity index (χ1v) is 7.03. The van der Waals surface area contributed by atoms with E-state index >= 15 is 0 Å². The summed E-state index contributed by atoms with van der Waals surface area (Å²) in [6, 6.07) is 0. The predicted molar refractivity (Wildman–Crippen MR) is 51.7 cm³/mol. The lowest BCUT2D eigenvalue weighted by Crippen LogP contribution is -2.71. The molecule has 0 aliphatic heterocycles. The number of hydrogen-bond acceptors (Lipinski definition) is 3. The van der Waals surface area contributed by atoms with Gasteiger partial charge in [0.2, 0.25) is 0 Å². The van der Waals surface area contributed by atoms with Gasteiger partial charge in [-0.15, -0.1) is 0 Å². The van der Waals surface area contributed by atoms with Crippen molar-refractivity contribution >= 4 is 10.1 Å². The molecule has 0 aliphatic rings. The van der Waals surface area contributed by atoms with Crippen molar-refractivity contribution in [2.75, 3.05) is 6.61 Å². The molecule has 0 N–H and O–H groups in total. The van der Waals surface area contributed by atoms with Crippen LogP contribution in [0.5, 0.6) is 0 Å². The molecule has 0 heterocycles. The molecule has 0 aromatic heterocycles. The van der Waals surface area contributed by atoms with Gasteiger partial charge in [0, 0.05) is 0 Å². The zero-order chi connectivity index (χ0) is 23.4. The van der Waals surface area contributed by atoms with Crippen LogP contribution < -0.4 is 0 Å². The summed E-state index contributed by atoms with van der Waals surface area (Å²) in [4.78, 5) is 0. The van der Waals surface area contributed by atoms with Gasteiger partial charge >= 0.3 is 51.4 Å². The van der Waals surface area contributed by atoms with Gasteiger partial charge < -0.3 is 0 Å².